The molecule has 0 radical (unpaired) electrons. The van der Waals surface area contributed by atoms with E-state index in [1.807, 2.05) is 27.7 Å². The van der Waals surface area contributed by atoms with Gasteiger partial charge in [0.05, 0.1) is 26.4 Å². The Morgan fingerprint density at radius 3 is 1.12 bits per heavy atom. The quantitative estimate of drug-likeness (QED) is 0.301. The molecule has 0 aliphatic heterocycles. The van der Waals surface area contributed by atoms with Gasteiger partial charge in [-0.05, 0) is 66.2 Å². The summed E-state index contributed by atoms with van der Waals surface area (Å²) < 4.78 is 9.12. The van der Waals surface area contributed by atoms with E-state index in [1.54, 1.807) is 41.5 Å². The van der Waals surface area contributed by atoms with Gasteiger partial charge in [0, 0.05) is 0 Å². The van der Waals surface area contributed by atoms with E-state index in [0.29, 0.717) is 24.7 Å². The Labute approximate surface area is 204 Å². The van der Waals surface area contributed by atoms with E-state index in [4.69, 9.17) is 0 Å². The van der Waals surface area contributed by atoms with Crippen LogP contribution >= 0.6 is 0 Å². The standard InChI is InChI=1S/C14H24N4.C10H18N2O4/c1-11(2)7-13(5,9-15)17-18-14(6,10-16)8-12(3)4;1-9(2,7(13)15-5)11-12-10(3,4)8(14)16-6/h11-12H,7-8H2,1-6H3;1-6H3. The van der Waals surface area contributed by atoms with Gasteiger partial charge in [-0.3, -0.25) is 0 Å². The molecule has 0 rings (SSSR count). The van der Waals surface area contributed by atoms with E-state index in [9.17, 15) is 20.1 Å². The Bertz CT molecular complexity index is 754. The topological polar surface area (TPSA) is 150 Å². The molecule has 0 aliphatic rings. The third-order valence-corrected chi connectivity index (χ3v) is 4.50. The highest BCUT2D eigenvalue weighted by Gasteiger charge is 2.33. The smallest absolute Gasteiger partial charge is 0.335 e. The fraction of sp³-hybridized carbons (Fsp3) is 0.833. The van der Waals surface area contributed by atoms with Crippen molar-refractivity contribution in [2.24, 2.45) is 32.3 Å². The molecule has 10 heteroatoms. The highest BCUT2D eigenvalue weighted by Crippen LogP contribution is 2.26. The van der Waals surface area contributed by atoms with Crippen molar-refractivity contribution in [3.05, 3.63) is 0 Å². The number of methoxy groups -OCH3 is 2. The lowest BCUT2D eigenvalue weighted by atomic mass is 9.92. The molecule has 34 heavy (non-hydrogen) atoms. The first-order valence-electron chi connectivity index (χ1n) is 11.2. The Hall–Kier alpha value is -2.88. The van der Waals surface area contributed by atoms with Crippen molar-refractivity contribution < 1.29 is 19.1 Å². The molecular formula is C24H42N6O4. The summed E-state index contributed by atoms with van der Waals surface area (Å²) in [5.41, 5.74) is -3.88. The average molecular weight is 479 g/mol. The van der Waals surface area contributed by atoms with Crippen LogP contribution in [0, 0.1) is 34.5 Å². The van der Waals surface area contributed by atoms with E-state index in [1.165, 1.54) is 14.2 Å². The van der Waals surface area contributed by atoms with Crippen molar-refractivity contribution in [2.45, 2.75) is 104 Å². The minimum atomic E-state index is -1.11. The lowest BCUT2D eigenvalue weighted by Crippen LogP contribution is -2.34. The molecule has 0 saturated carbocycles. The number of carbonyl (C=O) groups excluding carboxylic acids is 2. The van der Waals surface area contributed by atoms with Crippen molar-refractivity contribution >= 4 is 11.9 Å². The predicted octanol–water partition coefficient (Wildman–Crippen LogP) is 5.44. The summed E-state index contributed by atoms with van der Waals surface area (Å²) in [6.07, 6.45) is 1.30. The van der Waals surface area contributed by atoms with Gasteiger partial charge >= 0.3 is 11.9 Å². The van der Waals surface area contributed by atoms with Crippen LogP contribution in [0.1, 0.15) is 82.1 Å². The number of hydrogen-bond acceptors (Lipinski definition) is 10. The molecule has 0 N–H and O–H groups in total. The van der Waals surface area contributed by atoms with Crippen molar-refractivity contribution in [3.8, 4) is 12.1 Å². The number of nitrogens with zero attached hydrogens (tertiary/aromatic N) is 6. The lowest BCUT2D eigenvalue weighted by molar-refractivity contribution is -0.148. The maximum Gasteiger partial charge on any atom is 0.335 e. The maximum absolute atomic E-state index is 11.3. The Kier molecular flexibility index (Phi) is 13.5. The second-order valence-electron chi connectivity index (χ2n) is 10.5. The second-order valence-corrected chi connectivity index (χ2v) is 10.5. The zero-order chi connectivity index (χ0) is 27.4. The molecule has 2 unspecified atom stereocenters. The highest BCUT2D eigenvalue weighted by atomic mass is 16.5. The van der Waals surface area contributed by atoms with E-state index in [0.717, 1.165) is 0 Å². The molecule has 192 valence electrons. The van der Waals surface area contributed by atoms with Gasteiger partial charge < -0.3 is 9.47 Å². The summed E-state index contributed by atoms with van der Waals surface area (Å²) >= 11 is 0. The van der Waals surface area contributed by atoms with Crippen LogP contribution in [-0.4, -0.2) is 48.3 Å². The predicted molar refractivity (Wildman–Crippen MR) is 129 cm³/mol. The van der Waals surface area contributed by atoms with E-state index < -0.39 is 34.1 Å². The van der Waals surface area contributed by atoms with Crippen molar-refractivity contribution in [1.82, 2.24) is 0 Å². The first-order chi connectivity index (χ1) is 15.3. The monoisotopic (exact) mass is 478 g/mol. The normalized spacial score (nSPS) is 15.6. The third-order valence-electron chi connectivity index (χ3n) is 4.50. The van der Waals surface area contributed by atoms with Crippen LogP contribution in [0.15, 0.2) is 20.5 Å². The second kappa shape index (κ2) is 13.7. The van der Waals surface area contributed by atoms with Crippen LogP contribution in [0.2, 0.25) is 0 Å². The average Bonchev–Trinajstić information content (AvgIpc) is 2.74. The molecule has 0 aromatic heterocycles. The minimum absolute atomic E-state index is 0.368. The Morgan fingerprint density at radius 1 is 0.676 bits per heavy atom. The van der Waals surface area contributed by atoms with Crippen molar-refractivity contribution in [3.63, 3.8) is 0 Å². The Morgan fingerprint density at radius 2 is 0.941 bits per heavy atom. The van der Waals surface area contributed by atoms with Gasteiger partial charge in [0.15, 0.2) is 22.2 Å². The van der Waals surface area contributed by atoms with Crippen LogP contribution in [0.3, 0.4) is 0 Å². The number of rotatable bonds is 10. The molecule has 0 saturated heterocycles. The van der Waals surface area contributed by atoms with E-state index in [2.05, 4.69) is 42.1 Å². The van der Waals surface area contributed by atoms with E-state index >= 15 is 0 Å². The lowest BCUT2D eigenvalue weighted by Gasteiger charge is -2.22. The molecular weight excluding hydrogens is 436 g/mol. The van der Waals surface area contributed by atoms with E-state index in [-0.39, 0.29) is 0 Å². The third kappa shape index (κ3) is 12.4. The number of carbonyl (C=O) groups is 2. The van der Waals surface area contributed by atoms with Crippen molar-refractivity contribution in [2.75, 3.05) is 14.2 Å². The molecule has 0 spiro atoms. The molecule has 0 fully saturated rings. The number of nitriles is 2. The summed E-state index contributed by atoms with van der Waals surface area (Å²) in [6.45, 7) is 17.9. The summed E-state index contributed by atoms with van der Waals surface area (Å²) in [4.78, 5) is 22.6. The van der Waals surface area contributed by atoms with Gasteiger partial charge in [-0.2, -0.15) is 31.0 Å². The van der Waals surface area contributed by atoms with Crippen LogP contribution in [0.25, 0.3) is 0 Å². The van der Waals surface area contributed by atoms with Gasteiger partial charge in [-0.15, -0.1) is 0 Å². The zero-order valence-electron chi connectivity index (χ0n) is 22.9. The van der Waals surface area contributed by atoms with Gasteiger partial charge in [-0.1, -0.05) is 27.7 Å². The Balaban J connectivity index is 0. The summed E-state index contributed by atoms with van der Waals surface area (Å²) in [5, 5.41) is 34.3. The van der Waals surface area contributed by atoms with Crippen LogP contribution in [-0.2, 0) is 19.1 Å². The first-order valence-corrected chi connectivity index (χ1v) is 11.2. The number of hydrogen-bond donors (Lipinski definition) is 0. The SMILES string of the molecule is CC(C)CC(C)(C#N)N=NC(C)(C#N)CC(C)C.COC(=O)C(C)(C)N=NC(C)(C)C(=O)OC. The molecule has 2 atom stereocenters. The van der Waals surface area contributed by atoms with Gasteiger partial charge in [0.25, 0.3) is 0 Å². The molecule has 10 nitrogen and oxygen atoms in total. The largest absolute Gasteiger partial charge is 0.467 e. The highest BCUT2D eigenvalue weighted by molar-refractivity contribution is 5.81. The van der Waals surface area contributed by atoms with Gasteiger partial charge in [0.1, 0.15) is 0 Å². The molecule has 0 aromatic rings. The number of ether oxygens (including phenoxy) is 2. The fourth-order valence-corrected chi connectivity index (χ4v) is 2.86. The van der Waals surface area contributed by atoms with Crippen LogP contribution in [0.5, 0.6) is 0 Å². The summed E-state index contributed by atoms with van der Waals surface area (Å²) in [5.74, 6) is -0.298. The van der Waals surface area contributed by atoms with Gasteiger partial charge in [0.2, 0.25) is 0 Å². The molecule has 0 aliphatic carbocycles. The maximum atomic E-state index is 11.3. The summed E-state index contributed by atoms with van der Waals surface area (Å²) in [7, 11) is 2.54. The number of azo groups is 2. The first kappa shape index (κ1) is 33.3. The van der Waals surface area contributed by atoms with Crippen LogP contribution < -0.4 is 0 Å². The van der Waals surface area contributed by atoms with Crippen molar-refractivity contribution in [1.29, 1.82) is 10.5 Å². The molecule has 0 heterocycles. The molecule has 0 aromatic carbocycles. The summed E-state index contributed by atoms with van der Waals surface area (Å²) in [6, 6.07) is 4.38. The fourth-order valence-electron chi connectivity index (χ4n) is 2.86. The van der Waals surface area contributed by atoms with Crippen LogP contribution in [0.4, 0.5) is 0 Å². The molecule has 0 amide bonds. The molecule has 0 bridgehead atoms. The number of esters is 2. The zero-order valence-corrected chi connectivity index (χ0v) is 22.9. The minimum Gasteiger partial charge on any atom is -0.467 e. The van der Waals surface area contributed by atoms with Gasteiger partial charge in [-0.25, -0.2) is 9.59 Å².